The normalized spacial score (nSPS) is 51.9. The van der Waals surface area contributed by atoms with Crippen molar-refractivity contribution in [1.82, 2.24) is 42.5 Å². The molecular weight excluding hydrogens is 596 g/mol. The Labute approximate surface area is 291 Å². The lowest BCUT2D eigenvalue weighted by Gasteiger charge is -2.42. The molecule has 5 aliphatic heterocycles. The molecule has 4 aliphatic carbocycles. The number of hydrogen-bond donors (Lipinski definition) is 8. The third kappa shape index (κ3) is 6.05. The van der Waals surface area contributed by atoms with E-state index in [1.807, 2.05) is 0 Å². The second-order valence-corrected chi connectivity index (χ2v) is 18.8. The average molecular weight is 667 g/mol. The van der Waals surface area contributed by atoms with Crippen LogP contribution in [0.25, 0.3) is 0 Å². The lowest BCUT2D eigenvalue weighted by molar-refractivity contribution is -0.109. The molecule has 17 unspecified atom stereocenters. The molecular formula is C39H70N8O. The lowest BCUT2D eigenvalue weighted by atomic mass is 9.75. The van der Waals surface area contributed by atoms with Gasteiger partial charge in [0, 0.05) is 5.92 Å². The van der Waals surface area contributed by atoms with Crippen LogP contribution >= 0.6 is 0 Å². The Bertz CT molecular complexity index is 1100. The molecule has 8 bridgehead atoms. The second kappa shape index (κ2) is 13.9. The molecule has 5 saturated heterocycles. The highest BCUT2D eigenvalue weighted by atomic mass is 16.5. The molecule has 0 aromatic carbocycles. The van der Waals surface area contributed by atoms with Gasteiger partial charge in [-0.15, -0.1) is 0 Å². The summed E-state index contributed by atoms with van der Waals surface area (Å²) in [6.07, 6.45) is 23.5. The maximum Gasteiger partial charge on any atom is 0.0653 e. The first kappa shape index (κ1) is 33.5. The molecule has 0 amide bonds. The molecule has 9 nitrogen and oxygen atoms in total. The fourth-order valence-corrected chi connectivity index (χ4v) is 13.4. The van der Waals surface area contributed by atoms with E-state index in [-0.39, 0.29) is 6.17 Å². The number of hydrogen-bond acceptors (Lipinski definition) is 9. The zero-order chi connectivity index (χ0) is 32.5. The maximum atomic E-state index is 7.25. The van der Waals surface area contributed by atoms with E-state index in [1.165, 1.54) is 96.3 Å². The van der Waals surface area contributed by atoms with Crippen molar-refractivity contribution in [2.24, 2.45) is 59.2 Å². The summed E-state index contributed by atoms with van der Waals surface area (Å²) in [4.78, 5) is 0. The topological polar surface area (TPSA) is 105 Å². The van der Waals surface area contributed by atoms with E-state index in [9.17, 15) is 0 Å². The fourth-order valence-electron chi connectivity index (χ4n) is 13.4. The van der Waals surface area contributed by atoms with Gasteiger partial charge in [0.05, 0.1) is 61.5 Å². The summed E-state index contributed by atoms with van der Waals surface area (Å²) >= 11 is 0. The van der Waals surface area contributed by atoms with E-state index < -0.39 is 0 Å². The monoisotopic (exact) mass is 667 g/mol. The minimum absolute atomic E-state index is 0.249. The number of rotatable bonds is 4. The largest absolute Gasteiger partial charge is 0.374 e. The zero-order valence-corrected chi connectivity index (χ0v) is 30.6. The van der Waals surface area contributed by atoms with Gasteiger partial charge >= 0.3 is 0 Å². The highest BCUT2D eigenvalue weighted by Gasteiger charge is 2.56. The predicted molar refractivity (Wildman–Crippen MR) is 191 cm³/mol. The summed E-state index contributed by atoms with van der Waals surface area (Å²) in [5.74, 6) is 6.32. The molecule has 5 heterocycles. The van der Waals surface area contributed by atoms with Crippen LogP contribution in [-0.4, -0.2) is 61.5 Å². The van der Waals surface area contributed by atoms with Crippen molar-refractivity contribution in [3.05, 3.63) is 0 Å². The fraction of sp³-hybridized carbons (Fsp3) is 1.00. The summed E-state index contributed by atoms with van der Waals surface area (Å²) in [7, 11) is 0. The Kier molecular flexibility index (Phi) is 9.68. The molecule has 9 fully saturated rings. The highest BCUT2D eigenvalue weighted by molar-refractivity contribution is 5.09. The minimum atomic E-state index is 0.249. The van der Waals surface area contributed by atoms with Gasteiger partial charge in [-0.25, -0.2) is 0 Å². The third-order valence-electron chi connectivity index (χ3n) is 15.5. The Morgan fingerprint density at radius 1 is 0.354 bits per heavy atom. The molecule has 272 valence electrons. The molecule has 0 aromatic heterocycles. The van der Waals surface area contributed by atoms with Gasteiger partial charge in [0.15, 0.2) is 0 Å². The van der Waals surface area contributed by atoms with Crippen LogP contribution in [0.5, 0.6) is 0 Å². The van der Waals surface area contributed by atoms with Gasteiger partial charge in [0.1, 0.15) is 0 Å². The van der Waals surface area contributed by atoms with E-state index in [1.54, 1.807) is 0 Å². The third-order valence-corrected chi connectivity index (χ3v) is 15.5. The number of fused-ring (bicyclic) bond motifs is 20. The van der Waals surface area contributed by atoms with E-state index in [0.29, 0.717) is 109 Å². The van der Waals surface area contributed by atoms with Crippen molar-refractivity contribution in [2.45, 2.75) is 186 Å². The Balaban J connectivity index is 1.05. The van der Waals surface area contributed by atoms with Gasteiger partial charge in [0.25, 0.3) is 0 Å². The number of ether oxygens (including phenoxy) is 1. The second-order valence-electron chi connectivity index (χ2n) is 18.8. The molecule has 48 heavy (non-hydrogen) atoms. The van der Waals surface area contributed by atoms with Crippen LogP contribution in [0.4, 0.5) is 0 Å². The molecule has 4 saturated carbocycles. The summed E-state index contributed by atoms with van der Waals surface area (Å²) in [6.45, 7) is 9.43. The molecule has 9 aliphatic rings. The summed E-state index contributed by atoms with van der Waals surface area (Å²) in [5, 5.41) is 34.2. The quantitative estimate of drug-likeness (QED) is 0.223. The van der Waals surface area contributed by atoms with E-state index in [2.05, 4.69) is 70.2 Å². The van der Waals surface area contributed by atoms with Crippen LogP contribution in [0, 0.1) is 59.2 Å². The smallest absolute Gasteiger partial charge is 0.0653 e. The Morgan fingerprint density at radius 2 is 0.646 bits per heavy atom. The summed E-state index contributed by atoms with van der Waals surface area (Å²) in [5.41, 5.74) is 0. The molecule has 0 spiro atoms. The van der Waals surface area contributed by atoms with Crippen LogP contribution in [0.3, 0.4) is 0 Å². The van der Waals surface area contributed by atoms with Crippen LogP contribution in [-0.2, 0) is 4.74 Å². The van der Waals surface area contributed by atoms with Gasteiger partial charge in [-0.05, 0) is 105 Å². The van der Waals surface area contributed by atoms with Gasteiger partial charge in [-0.2, -0.15) is 0 Å². The molecule has 17 atom stereocenters. The SMILES string of the molecule is CC(C)C(OC1CCCC2C3NC4NC(NC5NC(NC6NC(NC(N3)C12)C1CCCCC61)C1CCCCC51)C1CCCCC41)C(C)C. The zero-order valence-electron chi connectivity index (χ0n) is 30.6. The van der Waals surface area contributed by atoms with Crippen LogP contribution in [0.1, 0.15) is 124 Å². The minimum Gasteiger partial charge on any atom is -0.374 e. The van der Waals surface area contributed by atoms with Crippen LogP contribution < -0.4 is 42.5 Å². The first-order valence-electron chi connectivity index (χ1n) is 21.2. The Morgan fingerprint density at radius 3 is 0.979 bits per heavy atom. The molecule has 0 radical (unpaired) electrons. The first-order valence-corrected chi connectivity index (χ1v) is 21.2. The van der Waals surface area contributed by atoms with E-state index in [4.69, 9.17) is 4.74 Å². The average Bonchev–Trinajstić information content (AvgIpc) is 3.83. The predicted octanol–water partition coefficient (Wildman–Crippen LogP) is 4.28. The molecule has 0 aromatic rings. The lowest BCUT2D eigenvalue weighted by Crippen LogP contribution is -2.62. The number of nitrogens with one attached hydrogen (secondary N) is 8. The first-order chi connectivity index (χ1) is 23.4. The van der Waals surface area contributed by atoms with Crippen molar-refractivity contribution in [3.63, 3.8) is 0 Å². The molecule has 9 heteroatoms. The van der Waals surface area contributed by atoms with Crippen molar-refractivity contribution >= 4 is 0 Å². The van der Waals surface area contributed by atoms with Crippen molar-refractivity contribution < 1.29 is 4.74 Å². The van der Waals surface area contributed by atoms with E-state index in [0.717, 1.165) is 5.92 Å². The van der Waals surface area contributed by atoms with Crippen LogP contribution in [0.15, 0.2) is 0 Å². The standard InChI is InChI=1S/C39H70N8O/c1-20(2)31(21(3)4)48-29-19-11-18-28-30(29)39-46-37-27-17-10-9-16-26(27)35(44-37)42-33-23-13-6-5-12-22(23)32(40-33)41-34-24-14-7-8-15-25(24)36(43-34)45-38(28)47-39/h20-47H,5-19H2,1-4H3. The van der Waals surface area contributed by atoms with Gasteiger partial charge in [0.2, 0.25) is 0 Å². The van der Waals surface area contributed by atoms with Crippen molar-refractivity contribution in [1.29, 1.82) is 0 Å². The highest BCUT2D eigenvalue weighted by Crippen LogP contribution is 2.46. The van der Waals surface area contributed by atoms with Crippen LogP contribution in [0.2, 0.25) is 0 Å². The molecule has 8 N–H and O–H groups in total. The molecule has 9 rings (SSSR count). The van der Waals surface area contributed by atoms with Crippen molar-refractivity contribution in [3.8, 4) is 0 Å². The van der Waals surface area contributed by atoms with Gasteiger partial charge < -0.3 is 4.74 Å². The summed E-state index contributed by atoms with van der Waals surface area (Å²) < 4.78 is 7.25. The van der Waals surface area contributed by atoms with Crippen molar-refractivity contribution in [2.75, 3.05) is 0 Å². The van der Waals surface area contributed by atoms with Gasteiger partial charge in [-0.1, -0.05) is 72.6 Å². The van der Waals surface area contributed by atoms with Gasteiger partial charge in [-0.3, -0.25) is 42.5 Å². The Hall–Kier alpha value is -0.360. The summed E-state index contributed by atoms with van der Waals surface area (Å²) in [6, 6.07) is 0. The maximum absolute atomic E-state index is 7.25. The van der Waals surface area contributed by atoms with E-state index >= 15 is 0 Å².